The molecular weight excluding hydrogens is 356 g/mol. The van der Waals surface area contributed by atoms with Gasteiger partial charge in [-0.15, -0.1) is 11.8 Å². The van der Waals surface area contributed by atoms with Crippen molar-refractivity contribution in [2.24, 2.45) is 0 Å². The maximum Gasteiger partial charge on any atom is 0.283 e. The van der Waals surface area contributed by atoms with Gasteiger partial charge in [0.1, 0.15) is 0 Å². The first-order valence-corrected chi connectivity index (χ1v) is 8.44. The lowest BCUT2D eigenvalue weighted by Gasteiger charge is -2.11. The lowest BCUT2D eigenvalue weighted by Crippen LogP contribution is -2.09. The minimum Gasteiger partial charge on any atom is -0.345 e. The van der Waals surface area contributed by atoms with Crippen molar-refractivity contribution in [3.05, 3.63) is 40.5 Å². The van der Waals surface area contributed by atoms with E-state index in [2.05, 4.69) is 26.1 Å². The standard InChI is InChI=1S/C14H17BrN2O3S/c1-3-18-14(19-4-2)13-16-12(17-20-13)9-21-11-7-5-10(15)6-8-11/h5-8,14H,3-4,9H2,1-2H3. The molecule has 1 aromatic carbocycles. The molecule has 1 aromatic heterocycles. The first-order valence-electron chi connectivity index (χ1n) is 6.67. The Morgan fingerprint density at radius 2 is 1.86 bits per heavy atom. The highest BCUT2D eigenvalue weighted by Crippen LogP contribution is 2.24. The second kappa shape index (κ2) is 8.53. The van der Waals surface area contributed by atoms with Crippen LogP contribution in [-0.4, -0.2) is 23.4 Å². The zero-order valence-corrected chi connectivity index (χ0v) is 14.3. The van der Waals surface area contributed by atoms with E-state index < -0.39 is 6.29 Å². The monoisotopic (exact) mass is 372 g/mol. The summed E-state index contributed by atoms with van der Waals surface area (Å²) >= 11 is 5.06. The van der Waals surface area contributed by atoms with E-state index in [4.69, 9.17) is 14.0 Å². The molecule has 2 aromatic rings. The number of halogens is 1. The van der Waals surface area contributed by atoms with Gasteiger partial charge in [0.15, 0.2) is 5.82 Å². The van der Waals surface area contributed by atoms with Gasteiger partial charge in [-0.25, -0.2) is 0 Å². The number of ether oxygens (including phenoxy) is 2. The molecule has 1 heterocycles. The Morgan fingerprint density at radius 1 is 1.19 bits per heavy atom. The van der Waals surface area contributed by atoms with Crippen LogP contribution in [0.15, 0.2) is 38.2 Å². The van der Waals surface area contributed by atoms with E-state index in [1.54, 1.807) is 11.8 Å². The highest BCUT2D eigenvalue weighted by Gasteiger charge is 2.19. The van der Waals surface area contributed by atoms with Gasteiger partial charge in [0.25, 0.3) is 5.89 Å². The predicted octanol–water partition coefficient (Wildman–Crippen LogP) is 4.20. The number of nitrogens with zero attached hydrogens (tertiary/aromatic N) is 2. The second-order valence-corrected chi connectivity index (χ2v) is 6.00. The highest BCUT2D eigenvalue weighted by molar-refractivity contribution is 9.10. The number of aromatic nitrogens is 2. The minimum absolute atomic E-state index is 0.366. The molecule has 0 N–H and O–H groups in total. The summed E-state index contributed by atoms with van der Waals surface area (Å²) in [6.45, 7) is 4.84. The molecule has 0 saturated carbocycles. The molecule has 0 aliphatic heterocycles. The van der Waals surface area contributed by atoms with Gasteiger partial charge in [0.2, 0.25) is 6.29 Å². The molecular formula is C14H17BrN2O3S. The zero-order chi connectivity index (χ0) is 15.1. The lowest BCUT2D eigenvalue weighted by atomic mass is 10.4. The van der Waals surface area contributed by atoms with Crippen LogP contribution in [0.25, 0.3) is 0 Å². The lowest BCUT2D eigenvalue weighted by molar-refractivity contribution is -0.155. The third-order valence-corrected chi connectivity index (χ3v) is 4.04. The van der Waals surface area contributed by atoms with E-state index >= 15 is 0 Å². The summed E-state index contributed by atoms with van der Waals surface area (Å²) in [5, 5.41) is 3.96. The molecule has 5 nitrogen and oxygen atoms in total. The van der Waals surface area contributed by atoms with E-state index in [9.17, 15) is 0 Å². The number of thioether (sulfide) groups is 1. The van der Waals surface area contributed by atoms with E-state index in [-0.39, 0.29) is 0 Å². The van der Waals surface area contributed by atoms with Crippen molar-refractivity contribution in [1.29, 1.82) is 0 Å². The van der Waals surface area contributed by atoms with Gasteiger partial charge < -0.3 is 14.0 Å². The van der Waals surface area contributed by atoms with Crippen LogP contribution in [0.1, 0.15) is 31.9 Å². The minimum atomic E-state index is -0.584. The molecule has 0 saturated heterocycles. The third-order valence-electron chi connectivity index (χ3n) is 2.50. The summed E-state index contributed by atoms with van der Waals surface area (Å²) < 4.78 is 17.1. The molecule has 21 heavy (non-hydrogen) atoms. The Labute approximate surface area is 136 Å². The molecule has 0 spiro atoms. The Balaban J connectivity index is 1.94. The first kappa shape index (κ1) is 16.5. The van der Waals surface area contributed by atoms with Crippen LogP contribution in [0, 0.1) is 0 Å². The highest BCUT2D eigenvalue weighted by atomic mass is 79.9. The van der Waals surface area contributed by atoms with Gasteiger partial charge in [-0.2, -0.15) is 4.98 Å². The summed E-state index contributed by atoms with van der Waals surface area (Å²) in [5.74, 6) is 1.63. The average Bonchev–Trinajstić information content (AvgIpc) is 2.95. The Hall–Kier alpha value is -0.890. The van der Waals surface area contributed by atoms with Crippen LogP contribution in [0.4, 0.5) is 0 Å². The van der Waals surface area contributed by atoms with Gasteiger partial charge >= 0.3 is 0 Å². The molecule has 2 rings (SSSR count). The SMILES string of the molecule is CCOC(OCC)c1nc(CSc2ccc(Br)cc2)no1. The average molecular weight is 373 g/mol. The summed E-state index contributed by atoms with van der Waals surface area (Å²) in [4.78, 5) is 5.47. The second-order valence-electron chi connectivity index (χ2n) is 4.03. The molecule has 0 bridgehead atoms. The van der Waals surface area contributed by atoms with E-state index in [0.29, 0.717) is 30.7 Å². The van der Waals surface area contributed by atoms with Gasteiger partial charge in [-0.3, -0.25) is 0 Å². The molecule has 0 aliphatic rings. The van der Waals surface area contributed by atoms with Crippen LogP contribution in [0.2, 0.25) is 0 Å². The fourth-order valence-corrected chi connectivity index (χ4v) is 2.60. The number of rotatable bonds is 8. The number of hydrogen-bond acceptors (Lipinski definition) is 6. The molecule has 114 valence electrons. The maximum absolute atomic E-state index is 5.43. The van der Waals surface area contributed by atoms with Crippen molar-refractivity contribution in [1.82, 2.24) is 10.1 Å². The number of hydrogen-bond donors (Lipinski definition) is 0. The van der Waals surface area contributed by atoms with Gasteiger partial charge in [-0.1, -0.05) is 21.1 Å². The quantitative estimate of drug-likeness (QED) is 0.511. The van der Waals surface area contributed by atoms with Crippen molar-refractivity contribution >= 4 is 27.7 Å². The third kappa shape index (κ3) is 5.10. The molecule has 0 amide bonds. The van der Waals surface area contributed by atoms with E-state index in [1.165, 1.54) is 0 Å². The molecule has 0 unspecified atom stereocenters. The summed E-state index contributed by atoms with van der Waals surface area (Å²) in [7, 11) is 0. The normalized spacial score (nSPS) is 11.2. The van der Waals surface area contributed by atoms with Crippen LogP contribution < -0.4 is 0 Å². The smallest absolute Gasteiger partial charge is 0.283 e. The van der Waals surface area contributed by atoms with Crippen molar-refractivity contribution < 1.29 is 14.0 Å². The molecule has 0 aliphatic carbocycles. The summed E-state index contributed by atoms with van der Waals surface area (Å²) in [6.07, 6.45) is -0.584. The fourth-order valence-electron chi connectivity index (χ4n) is 1.59. The molecule has 0 radical (unpaired) electrons. The maximum atomic E-state index is 5.43. The largest absolute Gasteiger partial charge is 0.345 e. The Morgan fingerprint density at radius 3 is 2.48 bits per heavy atom. The number of benzene rings is 1. The molecule has 7 heteroatoms. The Bertz CT molecular complexity index is 541. The molecule has 0 atom stereocenters. The molecule has 0 fully saturated rings. The van der Waals surface area contributed by atoms with Crippen LogP contribution in [-0.2, 0) is 15.2 Å². The fraction of sp³-hybridized carbons (Fsp3) is 0.429. The summed E-state index contributed by atoms with van der Waals surface area (Å²) in [5.41, 5.74) is 0. The first-order chi connectivity index (χ1) is 10.2. The summed E-state index contributed by atoms with van der Waals surface area (Å²) in [6, 6.07) is 8.09. The van der Waals surface area contributed by atoms with Gasteiger partial charge in [-0.05, 0) is 38.1 Å². The van der Waals surface area contributed by atoms with Gasteiger partial charge in [0.05, 0.1) is 5.75 Å². The van der Waals surface area contributed by atoms with E-state index in [1.807, 2.05) is 38.1 Å². The predicted molar refractivity (Wildman–Crippen MR) is 84.0 cm³/mol. The van der Waals surface area contributed by atoms with Crippen molar-refractivity contribution in [3.8, 4) is 0 Å². The van der Waals surface area contributed by atoms with Crippen LogP contribution >= 0.6 is 27.7 Å². The zero-order valence-electron chi connectivity index (χ0n) is 11.9. The van der Waals surface area contributed by atoms with Crippen LogP contribution in [0.5, 0.6) is 0 Å². The van der Waals surface area contributed by atoms with Crippen LogP contribution in [0.3, 0.4) is 0 Å². The Kier molecular flexibility index (Phi) is 6.69. The van der Waals surface area contributed by atoms with Crippen molar-refractivity contribution in [3.63, 3.8) is 0 Å². The topological polar surface area (TPSA) is 57.4 Å². The van der Waals surface area contributed by atoms with Gasteiger partial charge in [0, 0.05) is 22.6 Å². The van der Waals surface area contributed by atoms with Crippen molar-refractivity contribution in [2.75, 3.05) is 13.2 Å². The van der Waals surface area contributed by atoms with Crippen molar-refractivity contribution in [2.45, 2.75) is 30.8 Å². The van der Waals surface area contributed by atoms with E-state index in [0.717, 1.165) is 9.37 Å².